The number of nitrogens with one attached hydrogen (secondary N) is 1. The molecule has 4 aliphatic rings. The number of benzene rings is 2. The van der Waals surface area contributed by atoms with Gasteiger partial charge in [0.05, 0.1) is 22.0 Å². The standard InChI is InChI=1S/C31H34Cl2N2O/c1-19-27(31(36)34-11-5-8-26-23-13-20-12-21(15-23)16-24(26)14-20)18-35(29-10-9-25(32)17-28(29)33)30(19)22-6-3-2-4-7-22/h2-4,6-7,9-10,17-18,20-21,23-24,26H,5,8,11-16H2,1H3,(H,34,36). The lowest BCUT2D eigenvalue weighted by Crippen LogP contribution is -2.45. The second kappa shape index (κ2) is 9.91. The van der Waals surface area contributed by atoms with Crippen LogP contribution < -0.4 is 5.32 Å². The lowest BCUT2D eigenvalue weighted by Gasteiger charge is -2.54. The number of hydrogen-bond acceptors (Lipinski definition) is 1. The maximum absolute atomic E-state index is 13.4. The SMILES string of the molecule is Cc1c(C(=O)NCCCC2C3CC4CC(C3)CC2C4)cn(-c2ccc(Cl)cc2Cl)c1-c1ccccc1. The van der Waals surface area contributed by atoms with Gasteiger partial charge in [0.15, 0.2) is 0 Å². The molecule has 4 aliphatic carbocycles. The fourth-order valence-electron chi connectivity index (χ4n) is 7.79. The molecule has 3 nitrogen and oxygen atoms in total. The Balaban J connectivity index is 1.18. The molecule has 36 heavy (non-hydrogen) atoms. The molecule has 1 N–H and O–H groups in total. The molecule has 0 atom stereocenters. The van der Waals surface area contributed by atoms with E-state index >= 15 is 0 Å². The molecule has 3 aromatic rings. The number of nitrogens with zero attached hydrogens (tertiary/aromatic N) is 1. The molecule has 0 radical (unpaired) electrons. The quantitative estimate of drug-likeness (QED) is 0.312. The number of hydrogen-bond donors (Lipinski definition) is 1. The first kappa shape index (κ1) is 24.1. The van der Waals surface area contributed by atoms with Crippen molar-refractivity contribution in [1.82, 2.24) is 9.88 Å². The highest BCUT2D eigenvalue weighted by Crippen LogP contribution is 2.57. The predicted molar refractivity (Wildman–Crippen MR) is 148 cm³/mol. The minimum Gasteiger partial charge on any atom is -0.352 e. The van der Waals surface area contributed by atoms with Crippen LogP contribution in [0, 0.1) is 36.5 Å². The molecule has 1 heterocycles. The van der Waals surface area contributed by atoms with E-state index in [1.165, 1.54) is 38.5 Å². The van der Waals surface area contributed by atoms with Gasteiger partial charge in [-0.2, -0.15) is 0 Å². The molecule has 1 amide bonds. The van der Waals surface area contributed by atoms with Crippen LogP contribution in [0.25, 0.3) is 16.9 Å². The Bertz CT molecular complexity index is 1240. The summed E-state index contributed by atoms with van der Waals surface area (Å²) in [5.74, 6) is 4.80. The van der Waals surface area contributed by atoms with Crippen molar-refractivity contribution >= 4 is 29.1 Å². The van der Waals surface area contributed by atoms with Gasteiger partial charge >= 0.3 is 0 Å². The Kier molecular flexibility index (Phi) is 6.64. The summed E-state index contributed by atoms with van der Waals surface area (Å²) in [7, 11) is 0. The zero-order chi connectivity index (χ0) is 24.8. The predicted octanol–water partition coefficient (Wildman–Crippen LogP) is 8.34. The van der Waals surface area contributed by atoms with Gasteiger partial charge in [0.1, 0.15) is 0 Å². The van der Waals surface area contributed by atoms with Gasteiger partial charge in [-0.05, 0) is 111 Å². The van der Waals surface area contributed by atoms with Gasteiger partial charge in [-0.25, -0.2) is 0 Å². The summed E-state index contributed by atoms with van der Waals surface area (Å²) in [5, 5.41) is 4.37. The van der Waals surface area contributed by atoms with E-state index in [1.54, 1.807) is 6.07 Å². The van der Waals surface area contributed by atoms with Crippen LogP contribution in [0.1, 0.15) is 60.9 Å². The van der Waals surface area contributed by atoms with E-state index in [-0.39, 0.29) is 5.91 Å². The number of aromatic nitrogens is 1. The van der Waals surface area contributed by atoms with Gasteiger partial charge in [-0.3, -0.25) is 4.79 Å². The Hall–Kier alpha value is -2.23. The first-order valence-electron chi connectivity index (χ1n) is 13.5. The molecule has 5 heteroatoms. The zero-order valence-electron chi connectivity index (χ0n) is 20.9. The second-order valence-corrected chi connectivity index (χ2v) is 12.2. The van der Waals surface area contributed by atoms with Crippen molar-refractivity contribution in [1.29, 1.82) is 0 Å². The van der Waals surface area contributed by atoms with Crippen LogP contribution in [0.3, 0.4) is 0 Å². The molecule has 1 aromatic heterocycles. The van der Waals surface area contributed by atoms with Crippen molar-refractivity contribution < 1.29 is 4.79 Å². The summed E-state index contributed by atoms with van der Waals surface area (Å²) >= 11 is 12.7. The monoisotopic (exact) mass is 520 g/mol. The van der Waals surface area contributed by atoms with E-state index < -0.39 is 0 Å². The van der Waals surface area contributed by atoms with E-state index in [4.69, 9.17) is 23.2 Å². The first-order chi connectivity index (χ1) is 17.5. The van der Waals surface area contributed by atoms with Gasteiger partial charge in [0.2, 0.25) is 0 Å². The summed E-state index contributed by atoms with van der Waals surface area (Å²) in [6.45, 7) is 2.75. The number of carbonyl (C=O) groups is 1. The molecular formula is C31H34Cl2N2O. The summed E-state index contributed by atoms with van der Waals surface area (Å²) in [5.41, 5.74) is 4.46. The van der Waals surface area contributed by atoms with E-state index in [0.717, 1.165) is 65.1 Å². The minimum absolute atomic E-state index is 0.0152. The zero-order valence-corrected chi connectivity index (χ0v) is 22.4. The van der Waals surface area contributed by atoms with Gasteiger partial charge in [-0.1, -0.05) is 53.5 Å². The fourth-order valence-corrected chi connectivity index (χ4v) is 8.29. The average molecular weight is 522 g/mol. The van der Waals surface area contributed by atoms with Crippen molar-refractivity contribution in [2.45, 2.75) is 51.9 Å². The Morgan fingerprint density at radius 2 is 1.67 bits per heavy atom. The summed E-state index contributed by atoms with van der Waals surface area (Å²) in [6, 6.07) is 15.6. The van der Waals surface area contributed by atoms with Gasteiger partial charge in [0.25, 0.3) is 5.91 Å². The van der Waals surface area contributed by atoms with E-state index in [0.29, 0.717) is 15.6 Å². The number of halogens is 2. The third kappa shape index (κ3) is 4.50. The van der Waals surface area contributed by atoms with Crippen LogP contribution >= 0.6 is 23.2 Å². The number of rotatable bonds is 7. The van der Waals surface area contributed by atoms with Gasteiger partial charge in [-0.15, -0.1) is 0 Å². The van der Waals surface area contributed by atoms with Gasteiger partial charge < -0.3 is 9.88 Å². The highest BCUT2D eigenvalue weighted by atomic mass is 35.5. The molecule has 0 aliphatic heterocycles. The summed E-state index contributed by atoms with van der Waals surface area (Å²) in [6.07, 6.45) is 11.6. The molecule has 188 valence electrons. The first-order valence-corrected chi connectivity index (χ1v) is 14.2. The summed E-state index contributed by atoms with van der Waals surface area (Å²) < 4.78 is 2.02. The van der Waals surface area contributed by atoms with E-state index in [9.17, 15) is 4.79 Å². The minimum atomic E-state index is -0.0152. The lowest BCUT2D eigenvalue weighted by atomic mass is 9.51. The number of amides is 1. The van der Waals surface area contributed by atoms with Crippen LogP contribution in [0.5, 0.6) is 0 Å². The molecule has 7 rings (SSSR count). The maximum atomic E-state index is 13.4. The maximum Gasteiger partial charge on any atom is 0.253 e. The molecule has 2 aromatic carbocycles. The van der Waals surface area contributed by atoms with Crippen molar-refractivity contribution in [3.05, 3.63) is 75.9 Å². The Morgan fingerprint density at radius 1 is 0.972 bits per heavy atom. The number of carbonyl (C=O) groups excluding carboxylic acids is 1. The highest BCUT2D eigenvalue weighted by Gasteiger charge is 2.47. The van der Waals surface area contributed by atoms with E-state index in [2.05, 4.69) is 17.4 Å². The topological polar surface area (TPSA) is 34.0 Å². The molecule has 0 unspecified atom stereocenters. The third-order valence-electron chi connectivity index (χ3n) is 9.14. The molecule has 0 spiro atoms. The smallest absolute Gasteiger partial charge is 0.253 e. The largest absolute Gasteiger partial charge is 0.352 e. The van der Waals surface area contributed by atoms with Crippen LogP contribution in [0.4, 0.5) is 0 Å². The van der Waals surface area contributed by atoms with Crippen molar-refractivity contribution in [3.63, 3.8) is 0 Å². The Morgan fingerprint density at radius 3 is 2.33 bits per heavy atom. The molecule has 4 saturated carbocycles. The molecular weight excluding hydrogens is 487 g/mol. The second-order valence-electron chi connectivity index (χ2n) is 11.3. The van der Waals surface area contributed by atoms with Gasteiger partial charge in [0, 0.05) is 17.8 Å². The normalized spacial score (nSPS) is 26.4. The van der Waals surface area contributed by atoms with Crippen molar-refractivity contribution in [3.8, 4) is 16.9 Å². The highest BCUT2D eigenvalue weighted by molar-refractivity contribution is 6.35. The third-order valence-corrected chi connectivity index (χ3v) is 9.68. The van der Waals surface area contributed by atoms with Crippen LogP contribution in [0.15, 0.2) is 54.7 Å². The molecule has 4 bridgehead atoms. The van der Waals surface area contributed by atoms with Crippen molar-refractivity contribution in [2.24, 2.45) is 29.6 Å². The molecule has 0 saturated heterocycles. The van der Waals surface area contributed by atoms with E-state index in [1.807, 2.05) is 48.0 Å². The van der Waals surface area contributed by atoms with Crippen LogP contribution in [-0.4, -0.2) is 17.0 Å². The van der Waals surface area contributed by atoms with Crippen molar-refractivity contribution in [2.75, 3.05) is 6.54 Å². The van der Waals surface area contributed by atoms with Crippen LogP contribution in [-0.2, 0) is 0 Å². The fraction of sp³-hybridized carbons (Fsp3) is 0.452. The van der Waals surface area contributed by atoms with Crippen LogP contribution in [0.2, 0.25) is 10.0 Å². The lowest BCUT2D eigenvalue weighted by molar-refractivity contribution is -0.0401. The Labute approximate surface area is 224 Å². The average Bonchev–Trinajstić information content (AvgIpc) is 3.20. The molecule has 4 fully saturated rings. The summed E-state index contributed by atoms with van der Waals surface area (Å²) in [4.78, 5) is 13.4.